The Kier molecular flexibility index (Phi) is 2.52. The minimum Gasteiger partial charge on any atom is -0.457 e. The van der Waals surface area contributed by atoms with Crippen molar-refractivity contribution >= 4 is 12.1 Å². The first-order valence-electron chi connectivity index (χ1n) is 4.84. The van der Waals surface area contributed by atoms with Crippen LogP contribution >= 0.6 is 0 Å². The number of carbonyl (C=O) groups excluding carboxylic acids is 2. The van der Waals surface area contributed by atoms with Gasteiger partial charge in [-0.05, 0) is 6.92 Å². The number of ether oxygens (including phenoxy) is 2. The van der Waals surface area contributed by atoms with Crippen molar-refractivity contribution in [1.82, 2.24) is 0 Å². The van der Waals surface area contributed by atoms with Crippen LogP contribution < -0.4 is 5.73 Å². The van der Waals surface area contributed by atoms with Gasteiger partial charge in [-0.3, -0.25) is 0 Å². The number of benzene rings is 1. The van der Waals surface area contributed by atoms with Gasteiger partial charge >= 0.3 is 12.1 Å². The lowest BCUT2D eigenvalue weighted by molar-refractivity contribution is 0.0529. The number of fused-ring (bicyclic) bond motifs is 1. The molecule has 1 unspecified atom stereocenters. The maximum absolute atomic E-state index is 11.5. The van der Waals surface area contributed by atoms with E-state index in [2.05, 4.69) is 0 Å². The lowest BCUT2D eigenvalue weighted by Gasteiger charge is -2.13. The van der Waals surface area contributed by atoms with E-state index in [0.717, 1.165) is 5.56 Å². The Morgan fingerprint density at radius 2 is 2.31 bits per heavy atom. The van der Waals surface area contributed by atoms with E-state index in [0.29, 0.717) is 11.1 Å². The summed E-state index contributed by atoms with van der Waals surface area (Å²) in [4.78, 5) is 22.1. The van der Waals surface area contributed by atoms with Crippen LogP contribution in [0.1, 0.15) is 34.5 Å². The van der Waals surface area contributed by atoms with E-state index < -0.39 is 12.2 Å². The fourth-order valence-electron chi connectivity index (χ4n) is 1.78. The smallest absolute Gasteiger partial charge is 0.405 e. The maximum atomic E-state index is 11.5. The molecule has 84 valence electrons. The van der Waals surface area contributed by atoms with Gasteiger partial charge in [0, 0.05) is 11.1 Å². The lowest BCUT2D eigenvalue weighted by Crippen LogP contribution is -2.17. The van der Waals surface area contributed by atoms with Crippen LogP contribution in [0.2, 0.25) is 0 Å². The topological polar surface area (TPSA) is 78.6 Å². The highest BCUT2D eigenvalue weighted by Gasteiger charge is 2.27. The Hall–Kier alpha value is -2.04. The molecule has 0 aromatic heterocycles. The molecule has 1 amide bonds. The summed E-state index contributed by atoms with van der Waals surface area (Å²) < 4.78 is 9.75. The average molecular weight is 221 g/mol. The van der Waals surface area contributed by atoms with E-state index >= 15 is 0 Å². The summed E-state index contributed by atoms with van der Waals surface area (Å²) in [6, 6.07) is 5.32. The summed E-state index contributed by atoms with van der Waals surface area (Å²) in [5.41, 5.74) is 6.85. The Bertz CT molecular complexity index is 455. The van der Waals surface area contributed by atoms with Gasteiger partial charge in [0.1, 0.15) is 12.7 Å². The molecule has 0 radical (unpaired) electrons. The Labute approximate surface area is 92.1 Å². The van der Waals surface area contributed by atoms with Crippen molar-refractivity contribution in [1.29, 1.82) is 0 Å². The fraction of sp³-hybridized carbons (Fsp3) is 0.273. The molecule has 1 aromatic carbocycles. The summed E-state index contributed by atoms with van der Waals surface area (Å²) in [5, 5.41) is 0. The first kappa shape index (κ1) is 10.5. The van der Waals surface area contributed by atoms with Crippen molar-refractivity contribution in [2.75, 3.05) is 0 Å². The van der Waals surface area contributed by atoms with E-state index in [1.807, 2.05) is 0 Å². The van der Waals surface area contributed by atoms with E-state index in [-0.39, 0.29) is 12.6 Å². The second kappa shape index (κ2) is 3.84. The molecule has 1 aliphatic heterocycles. The predicted molar refractivity (Wildman–Crippen MR) is 54.6 cm³/mol. The van der Waals surface area contributed by atoms with Gasteiger partial charge in [0.15, 0.2) is 0 Å². The monoisotopic (exact) mass is 221 g/mol. The molecular formula is C11H11NO4. The average Bonchev–Trinajstić information content (AvgIpc) is 2.59. The largest absolute Gasteiger partial charge is 0.457 e. The molecule has 2 rings (SSSR count). The lowest BCUT2D eigenvalue weighted by atomic mass is 9.99. The molecule has 5 nitrogen and oxygen atoms in total. The van der Waals surface area contributed by atoms with E-state index in [1.165, 1.54) is 0 Å². The van der Waals surface area contributed by atoms with Gasteiger partial charge in [-0.15, -0.1) is 0 Å². The van der Waals surface area contributed by atoms with Crippen LogP contribution in [0.4, 0.5) is 4.79 Å². The molecule has 0 saturated heterocycles. The molecule has 0 fully saturated rings. The number of hydrogen-bond donors (Lipinski definition) is 1. The van der Waals surface area contributed by atoms with Gasteiger partial charge in [0.25, 0.3) is 0 Å². The van der Waals surface area contributed by atoms with Crippen LogP contribution in [0, 0.1) is 0 Å². The highest BCUT2D eigenvalue weighted by molar-refractivity contribution is 5.95. The standard InChI is InChI=1S/C11H11NO4/c1-6(16-11(12)14)8-4-2-3-7-5-15-10(13)9(7)8/h2-4,6H,5H2,1H3,(H2,12,14). The van der Waals surface area contributed by atoms with Crippen LogP contribution in [-0.4, -0.2) is 12.1 Å². The van der Waals surface area contributed by atoms with Crippen molar-refractivity contribution in [3.63, 3.8) is 0 Å². The van der Waals surface area contributed by atoms with Gasteiger partial charge in [0.2, 0.25) is 0 Å². The first-order chi connectivity index (χ1) is 7.59. The van der Waals surface area contributed by atoms with Crippen molar-refractivity contribution in [2.45, 2.75) is 19.6 Å². The first-order valence-corrected chi connectivity index (χ1v) is 4.84. The Morgan fingerprint density at radius 1 is 1.56 bits per heavy atom. The quantitative estimate of drug-likeness (QED) is 0.768. The zero-order valence-electron chi connectivity index (χ0n) is 8.73. The highest BCUT2D eigenvalue weighted by Crippen LogP contribution is 2.29. The molecule has 1 heterocycles. The fourth-order valence-corrected chi connectivity index (χ4v) is 1.78. The summed E-state index contributed by atoms with van der Waals surface area (Å²) in [6.45, 7) is 1.93. The van der Waals surface area contributed by atoms with Gasteiger partial charge in [-0.1, -0.05) is 18.2 Å². The second-order valence-electron chi connectivity index (χ2n) is 3.54. The van der Waals surface area contributed by atoms with Gasteiger partial charge in [0.05, 0.1) is 5.56 Å². The number of carbonyl (C=O) groups is 2. The van der Waals surface area contributed by atoms with Crippen LogP contribution in [0.3, 0.4) is 0 Å². The number of amides is 1. The SMILES string of the molecule is CC(OC(N)=O)c1cccc2c1C(=O)OC2. The van der Waals surface area contributed by atoms with Crippen molar-refractivity contribution in [3.05, 3.63) is 34.9 Å². The Morgan fingerprint density at radius 3 is 3.00 bits per heavy atom. The normalized spacial score (nSPS) is 15.2. The molecule has 5 heteroatoms. The van der Waals surface area contributed by atoms with E-state index in [9.17, 15) is 9.59 Å². The van der Waals surface area contributed by atoms with Crippen LogP contribution in [0.5, 0.6) is 0 Å². The number of primary amides is 1. The number of cyclic esters (lactones) is 1. The number of nitrogens with two attached hydrogens (primary N) is 1. The van der Waals surface area contributed by atoms with Crippen molar-refractivity contribution < 1.29 is 19.1 Å². The van der Waals surface area contributed by atoms with Crippen molar-refractivity contribution in [2.24, 2.45) is 5.73 Å². The highest BCUT2D eigenvalue weighted by atomic mass is 16.6. The zero-order valence-corrected chi connectivity index (χ0v) is 8.73. The van der Waals surface area contributed by atoms with Crippen LogP contribution in [0.25, 0.3) is 0 Å². The third-order valence-electron chi connectivity index (χ3n) is 2.48. The number of rotatable bonds is 2. The summed E-state index contributed by atoms with van der Waals surface area (Å²) in [7, 11) is 0. The number of esters is 1. The second-order valence-corrected chi connectivity index (χ2v) is 3.54. The molecule has 1 aliphatic rings. The molecule has 0 spiro atoms. The maximum Gasteiger partial charge on any atom is 0.405 e. The van der Waals surface area contributed by atoms with Gasteiger partial charge < -0.3 is 15.2 Å². The third-order valence-corrected chi connectivity index (χ3v) is 2.48. The molecule has 16 heavy (non-hydrogen) atoms. The summed E-state index contributed by atoms with van der Waals surface area (Å²) in [5.74, 6) is -0.384. The molecule has 1 atom stereocenters. The molecule has 0 bridgehead atoms. The van der Waals surface area contributed by atoms with E-state index in [1.54, 1.807) is 25.1 Å². The van der Waals surface area contributed by atoms with E-state index in [4.69, 9.17) is 15.2 Å². The zero-order chi connectivity index (χ0) is 11.7. The van der Waals surface area contributed by atoms with Gasteiger partial charge in [-0.2, -0.15) is 0 Å². The molecule has 2 N–H and O–H groups in total. The van der Waals surface area contributed by atoms with Gasteiger partial charge in [-0.25, -0.2) is 9.59 Å². The predicted octanol–water partition coefficient (Wildman–Crippen LogP) is 1.51. The third kappa shape index (κ3) is 1.71. The summed E-state index contributed by atoms with van der Waals surface area (Å²) in [6.07, 6.45) is -1.42. The van der Waals surface area contributed by atoms with Crippen molar-refractivity contribution in [3.8, 4) is 0 Å². The molecule has 0 saturated carbocycles. The molecule has 1 aromatic rings. The molecule has 0 aliphatic carbocycles. The minimum absolute atomic E-state index is 0.269. The number of hydrogen-bond acceptors (Lipinski definition) is 4. The minimum atomic E-state index is -0.864. The van der Waals surface area contributed by atoms with Crippen LogP contribution in [-0.2, 0) is 16.1 Å². The van der Waals surface area contributed by atoms with Crippen LogP contribution in [0.15, 0.2) is 18.2 Å². The Balaban J connectivity index is 2.38. The molecular weight excluding hydrogens is 210 g/mol. The summed E-state index contributed by atoms with van der Waals surface area (Å²) >= 11 is 0.